The smallest absolute Gasteiger partial charge is 0.293 e. The number of benzene rings is 4. The maximum Gasteiger partial charge on any atom is 0.293 e. The number of piperidine rings is 2. The Bertz CT molecular complexity index is 3370. The number of nitro benzene ring substituents is 1. The van der Waals surface area contributed by atoms with Gasteiger partial charge >= 0.3 is 0 Å². The minimum atomic E-state index is -4.63. The van der Waals surface area contributed by atoms with E-state index < -0.39 is 49.2 Å². The van der Waals surface area contributed by atoms with Crippen LogP contribution >= 0.6 is 0 Å². The number of halogens is 2. The fraction of sp³-hybridized carbons (Fsp3) is 0.467. The second-order valence-electron chi connectivity index (χ2n) is 23.1. The molecule has 16 nitrogen and oxygen atoms in total. The van der Waals surface area contributed by atoms with Gasteiger partial charge in [-0.05, 0) is 165 Å². The van der Waals surface area contributed by atoms with Crippen LogP contribution in [0.5, 0.6) is 5.88 Å². The molecule has 6 aromatic rings. The third kappa shape index (κ3) is 10.7. The predicted molar refractivity (Wildman–Crippen MR) is 298 cm³/mol. The van der Waals surface area contributed by atoms with Gasteiger partial charge in [0.15, 0.2) is 11.6 Å². The van der Waals surface area contributed by atoms with Crippen molar-refractivity contribution in [2.24, 2.45) is 17.3 Å². The van der Waals surface area contributed by atoms with E-state index in [4.69, 9.17) is 19.2 Å². The zero-order chi connectivity index (χ0) is 54.6. The van der Waals surface area contributed by atoms with E-state index in [1.165, 1.54) is 35.4 Å². The van der Waals surface area contributed by atoms with Crippen LogP contribution in [0, 0.1) is 39.0 Å². The first kappa shape index (κ1) is 53.0. The Balaban J connectivity index is 0.806. The van der Waals surface area contributed by atoms with E-state index in [1.807, 2.05) is 24.3 Å². The number of carbonyl (C=O) groups is 1. The van der Waals surface area contributed by atoms with Gasteiger partial charge in [-0.2, -0.15) is 4.98 Å². The zero-order valence-corrected chi connectivity index (χ0v) is 45.5. The largest absolute Gasteiger partial charge is 0.468 e. The Labute approximate surface area is 459 Å². The average molecular weight is 1100 g/mol. The summed E-state index contributed by atoms with van der Waals surface area (Å²) in [4.78, 5) is 41.3. The van der Waals surface area contributed by atoms with Crippen molar-refractivity contribution in [2.45, 2.75) is 113 Å². The molecule has 2 aromatic heterocycles. The Hall–Kier alpha value is -6.67. The summed E-state index contributed by atoms with van der Waals surface area (Å²) >= 11 is 0. The first-order chi connectivity index (χ1) is 38.2. The van der Waals surface area contributed by atoms with Gasteiger partial charge in [-0.3, -0.25) is 19.8 Å². The van der Waals surface area contributed by atoms with Gasteiger partial charge in [0, 0.05) is 74.9 Å². The molecule has 4 saturated heterocycles. The van der Waals surface area contributed by atoms with Crippen LogP contribution in [0.25, 0.3) is 11.0 Å². The van der Waals surface area contributed by atoms with Gasteiger partial charge in [0.05, 0.1) is 33.7 Å². The third-order valence-corrected chi connectivity index (χ3v) is 19.3. The van der Waals surface area contributed by atoms with Gasteiger partial charge in [-0.1, -0.05) is 44.2 Å². The van der Waals surface area contributed by atoms with Gasteiger partial charge in [0.1, 0.15) is 23.1 Å². The number of ether oxygens (including phenoxy) is 3. The highest BCUT2D eigenvalue weighted by Crippen LogP contribution is 2.55. The van der Waals surface area contributed by atoms with Crippen LogP contribution < -0.4 is 24.6 Å². The topological polar surface area (TPSA) is 184 Å². The van der Waals surface area contributed by atoms with E-state index >= 15 is 0 Å². The summed E-state index contributed by atoms with van der Waals surface area (Å²) < 4.78 is 76.9. The highest BCUT2D eigenvalue weighted by atomic mass is 32.2. The third-order valence-electron chi connectivity index (χ3n) is 17.9. The first-order valence-electron chi connectivity index (χ1n) is 28.1. The van der Waals surface area contributed by atoms with Gasteiger partial charge < -0.3 is 34.3 Å². The van der Waals surface area contributed by atoms with Crippen LogP contribution in [0.4, 0.5) is 37.2 Å². The molecule has 0 unspecified atom stereocenters. The highest BCUT2D eigenvalue weighted by molar-refractivity contribution is 7.90. The normalized spacial score (nSPS) is 22.7. The molecule has 12 rings (SSSR count). The van der Waals surface area contributed by atoms with Gasteiger partial charge in [0.25, 0.3) is 21.6 Å². The molecule has 6 aliphatic rings. The van der Waals surface area contributed by atoms with Crippen molar-refractivity contribution < 1.29 is 41.1 Å². The SMILES string of the molecule is CC(C)c1ccccc1[C@H]1C[C@H](Cc2ccc(F)c(F)c2)CCN1C1CC2(CCN(c3ccc(C(=O)NS(=O)(=O)c4ccc(NCC5CCOCC5)c([N+](=O)[O-])c4)c(N4c5cc6cc[nH]c6nc5O[C@H]5COCC[C@@H]54)c3)CC2)C1. The number of H-pyrrole nitrogens is 1. The number of hydrogen-bond acceptors (Lipinski definition) is 13. The monoisotopic (exact) mass is 1100 g/mol. The van der Waals surface area contributed by atoms with E-state index in [1.54, 1.807) is 18.3 Å². The van der Waals surface area contributed by atoms with Crippen molar-refractivity contribution in [1.82, 2.24) is 19.6 Å². The summed E-state index contributed by atoms with van der Waals surface area (Å²) in [5, 5.41) is 16.3. The summed E-state index contributed by atoms with van der Waals surface area (Å²) in [6.45, 7) is 9.43. The van der Waals surface area contributed by atoms with Crippen LogP contribution in [-0.4, -0.2) is 105 Å². The molecule has 1 aliphatic carbocycles. The summed E-state index contributed by atoms with van der Waals surface area (Å²) in [5.74, 6) is -1.21. The van der Waals surface area contributed by atoms with Crippen molar-refractivity contribution in [3.8, 4) is 5.88 Å². The van der Waals surface area contributed by atoms with E-state index in [9.17, 15) is 32.1 Å². The number of likely N-dealkylation sites (tertiary alicyclic amines) is 1. The molecule has 0 bridgehead atoms. The number of nitro groups is 1. The number of pyridine rings is 1. The Morgan fingerprint density at radius 3 is 2.47 bits per heavy atom. The molecule has 5 aliphatic heterocycles. The molecule has 1 saturated carbocycles. The number of carbonyl (C=O) groups excluding carboxylic acids is 1. The Kier molecular flexibility index (Phi) is 14.6. The quantitative estimate of drug-likeness (QED) is 0.0692. The number of fused-ring (bicyclic) bond motifs is 3. The molecule has 19 heteroatoms. The Morgan fingerprint density at radius 2 is 1.68 bits per heavy atom. The summed E-state index contributed by atoms with van der Waals surface area (Å²) in [6, 6.07) is 26.5. The standard InChI is InChI=1S/C60H68F2N8O8S/c1-37(2)45-5-3-4-6-46(45)52-29-40(27-39-7-11-48(61)49(62)28-39)14-21-68(52)43-33-60(34-43)18-22-67(23-19-60)42-8-10-47(53(31-42)69-51-17-26-77-36-56(51)78-59-55(69)30-41-13-20-63-57(41)65-59)58(71)66-79(74,75)44-9-12-50(54(32-44)70(72)73)64-35-38-15-24-76-25-16-38/h3-13,20,28,30-32,37-38,40,43,51-52,56,64H,14-19,21-27,29,33-36H2,1-2H3,(H,63,65)(H,66,71)/t40-,51-,52+,56-/m0/s1. The molecular formula is C60H68F2N8O8S. The average Bonchev–Trinajstić information content (AvgIpc) is 4.12. The number of nitrogens with one attached hydrogen (secondary N) is 3. The number of amides is 1. The molecule has 416 valence electrons. The van der Waals surface area contributed by atoms with Crippen molar-refractivity contribution in [3.05, 3.63) is 141 Å². The van der Waals surface area contributed by atoms with Crippen molar-refractivity contribution in [1.29, 1.82) is 0 Å². The fourth-order valence-electron chi connectivity index (χ4n) is 13.6. The number of aromatic amines is 1. The number of hydrogen-bond donors (Lipinski definition) is 3. The van der Waals surface area contributed by atoms with Gasteiger partial charge in [-0.25, -0.2) is 21.9 Å². The molecule has 5 fully saturated rings. The van der Waals surface area contributed by atoms with Crippen LogP contribution in [0.1, 0.15) is 111 Å². The summed E-state index contributed by atoms with van der Waals surface area (Å²) in [7, 11) is -4.63. The predicted octanol–water partition coefficient (Wildman–Crippen LogP) is 11.0. The summed E-state index contributed by atoms with van der Waals surface area (Å²) in [6.07, 6.45) is 10.3. The number of sulfonamides is 1. The Morgan fingerprint density at radius 1 is 0.886 bits per heavy atom. The second-order valence-corrected chi connectivity index (χ2v) is 24.8. The maximum absolute atomic E-state index is 14.8. The minimum Gasteiger partial charge on any atom is -0.468 e. The first-order valence-corrected chi connectivity index (χ1v) is 29.5. The lowest BCUT2D eigenvalue weighted by Gasteiger charge is -2.58. The highest BCUT2D eigenvalue weighted by Gasteiger charge is 2.50. The lowest BCUT2D eigenvalue weighted by molar-refractivity contribution is -0.384. The van der Waals surface area contributed by atoms with Gasteiger partial charge in [-0.15, -0.1) is 0 Å². The van der Waals surface area contributed by atoms with E-state index in [-0.39, 0.29) is 41.3 Å². The van der Waals surface area contributed by atoms with Crippen LogP contribution in [0.3, 0.4) is 0 Å². The van der Waals surface area contributed by atoms with Crippen LogP contribution in [-0.2, 0) is 25.9 Å². The minimum absolute atomic E-state index is 0.0985. The molecular weight excluding hydrogens is 1030 g/mol. The molecule has 4 atom stereocenters. The second kappa shape index (κ2) is 21.8. The molecule has 1 amide bonds. The lowest BCUT2D eigenvalue weighted by Crippen LogP contribution is -2.57. The van der Waals surface area contributed by atoms with E-state index in [0.717, 1.165) is 93.7 Å². The van der Waals surface area contributed by atoms with Crippen molar-refractivity contribution in [3.63, 3.8) is 0 Å². The number of nitrogens with zero attached hydrogens (tertiary/aromatic N) is 5. The molecule has 79 heavy (non-hydrogen) atoms. The number of aromatic nitrogens is 2. The fourth-order valence-corrected chi connectivity index (χ4v) is 14.6. The molecule has 4 aromatic carbocycles. The number of anilines is 4. The van der Waals surface area contributed by atoms with Crippen molar-refractivity contribution in [2.75, 3.05) is 67.7 Å². The van der Waals surface area contributed by atoms with E-state index in [0.29, 0.717) is 80.0 Å². The molecule has 1 spiro atoms. The van der Waals surface area contributed by atoms with Crippen molar-refractivity contribution >= 4 is 55.4 Å². The molecule has 7 heterocycles. The van der Waals surface area contributed by atoms with Crippen LogP contribution in [0.2, 0.25) is 0 Å². The zero-order valence-electron chi connectivity index (χ0n) is 44.7. The maximum atomic E-state index is 14.8. The number of rotatable bonds is 14. The summed E-state index contributed by atoms with van der Waals surface area (Å²) in [5.41, 5.74) is 6.22. The van der Waals surface area contributed by atoms with Crippen LogP contribution in [0.15, 0.2) is 102 Å². The van der Waals surface area contributed by atoms with Gasteiger partial charge in [0.2, 0.25) is 5.88 Å². The molecule has 0 radical (unpaired) electrons. The van der Waals surface area contributed by atoms with E-state index in [2.05, 4.69) is 67.8 Å². The molecule has 3 N–H and O–H groups in total. The lowest BCUT2D eigenvalue weighted by atomic mass is 9.59.